The fraction of sp³-hybridized carbons (Fsp3) is 1.00. The van der Waals surface area contributed by atoms with Crippen LogP contribution in [0.3, 0.4) is 0 Å². The minimum atomic E-state index is -2.08. The van der Waals surface area contributed by atoms with Crippen molar-refractivity contribution in [3.8, 4) is 0 Å². The van der Waals surface area contributed by atoms with Crippen molar-refractivity contribution >= 4 is 22.2 Å². The maximum atomic E-state index is 10.6. The zero-order chi connectivity index (χ0) is 9.14. The zero-order valence-electron chi connectivity index (χ0n) is 6.47. The second-order valence-corrected chi connectivity index (χ2v) is 5.35. The lowest BCUT2D eigenvalue weighted by Gasteiger charge is -2.28. The number of rotatable bonds is 2. The van der Waals surface area contributed by atoms with Crippen LogP contribution in [-0.4, -0.2) is 28.0 Å². The summed E-state index contributed by atoms with van der Waals surface area (Å²) in [7, 11) is 0. The Bertz CT molecular complexity index is 186. The molecule has 1 aliphatic carbocycles. The summed E-state index contributed by atoms with van der Waals surface area (Å²) in [4.78, 5) is 0. The summed E-state index contributed by atoms with van der Waals surface area (Å²) in [6.45, 7) is 0. The molecule has 0 aliphatic heterocycles. The SMILES string of the molecule is O=S([O-])C1CCCC(S(=O)O)C1. The Kier molecular flexibility index (Phi) is 3.82. The van der Waals surface area contributed by atoms with Crippen molar-refractivity contribution in [2.45, 2.75) is 36.2 Å². The number of hydrogen-bond donors (Lipinski definition) is 1. The van der Waals surface area contributed by atoms with Crippen molar-refractivity contribution in [2.75, 3.05) is 0 Å². The van der Waals surface area contributed by atoms with Crippen LogP contribution in [0.4, 0.5) is 0 Å². The van der Waals surface area contributed by atoms with Crippen LogP contribution in [0.25, 0.3) is 0 Å². The van der Waals surface area contributed by atoms with Gasteiger partial charge in [0, 0.05) is 5.25 Å². The van der Waals surface area contributed by atoms with E-state index in [1.54, 1.807) is 0 Å². The predicted octanol–water partition coefficient (Wildman–Crippen LogP) is 0.398. The van der Waals surface area contributed by atoms with Gasteiger partial charge in [0.05, 0.1) is 5.25 Å². The van der Waals surface area contributed by atoms with Crippen LogP contribution in [0.1, 0.15) is 25.7 Å². The topological polar surface area (TPSA) is 77.4 Å². The van der Waals surface area contributed by atoms with E-state index in [4.69, 9.17) is 4.55 Å². The average Bonchev–Trinajstić information content (AvgIpc) is 2.04. The van der Waals surface area contributed by atoms with Gasteiger partial charge in [-0.15, -0.1) is 0 Å². The Hall–Kier alpha value is 0.220. The Morgan fingerprint density at radius 1 is 1.25 bits per heavy atom. The molecule has 1 fully saturated rings. The quantitative estimate of drug-likeness (QED) is 0.671. The highest BCUT2D eigenvalue weighted by Crippen LogP contribution is 2.24. The summed E-state index contributed by atoms with van der Waals surface area (Å²) >= 11 is -3.95. The summed E-state index contributed by atoms with van der Waals surface area (Å²) in [5.41, 5.74) is 0. The van der Waals surface area contributed by atoms with Crippen molar-refractivity contribution in [1.29, 1.82) is 0 Å². The van der Waals surface area contributed by atoms with E-state index in [-0.39, 0.29) is 5.25 Å². The van der Waals surface area contributed by atoms with Crippen LogP contribution < -0.4 is 0 Å². The molecular formula is C6H11O4S2-. The van der Waals surface area contributed by atoms with E-state index >= 15 is 0 Å². The van der Waals surface area contributed by atoms with Crippen LogP contribution >= 0.6 is 0 Å². The molecule has 6 heteroatoms. The molecule has 4 nitrogen and oxygen atoms in total. The Balaban J connectivity index is 2.51. The van der Waals surface area contributed by atoms with Gasteiger partial charge in [0.1, 0.15) is 0 Å². The molecule has 0 amide bonds. The standard InChI is InChI=1S/C6H12O4S2/c7-11(8)5-2-1-3-6(4-5)12(9)10/h5-6H,1-4H2,(H,7,8)(H,9,10)/p-1. The van der Waals surface area contributed by atoms with Gasteiger partial charge in [0.25, 0.3) is 0 Å². The van der Waals surface area contributed by atoms with Gasteiger partial charge in [-0.3, -0.25) is 4.21 Å². The molecule has 0 spiro atoms. The number of hydrogen-bond acceptors (Lipinski definition) is 3. The molecular weight excluding hydrogens is 200 g/mol. The largest absolute Gasteiger partial charge is 0.772 e. The maximum Gasteiger partial charge on any atom is 0.156 e. The Labute approximate surface area is 76.3 Å². The summed E-state index contributed by atoms with van der Waals surface area (Å²) < 4.78 is 40.5. The second kappa shape index (κ2) is 4.45. The molecule has 0 saturated heterocycles. The molecule has 0 radical (unpaired) electrons. The van der Waals surface area contributed by atoms with E-state index in [1.165, 1.54) is 0 Å². The summed E-state index contributed by atoms with van der Waals surface area (Å²) in [6.07, 6.45) is 2.36. The zero-order valence-corrected chi connectivity index (χ0v) is 8.10. The molecule has 1 rings (SSSR count). The van der Waals surface area contributed by atoms with Gasteiger partial charge in [-0.25, -0.2) is 4.21 Å². The highest BCUT2D eigenvalue weighted by Gasteiger charge is 2.25. The van der Waals surface area contributed by atoms with Crippen molar-refractivity contribution in [2.24, 2.45) is 0 Å². The summed E-state index contributed by atoms with van der Waals surface area (Å²) in [6, 6.07) is 0. The van der Waals surface area contributed by atoms with E-state index in [1.807, 2.05) is 0 Å². The summed E-state index contributed by atoms with van der Waals surface area (Å²) in [5.74, 6) is 0. The van der Waals surface area contributed by atoms with Crippen LogP contribution in [0.2, 0.25) is 0 Å². The molecule has 0 heterocycles. The van der Waals surface area contributed by atoms with Crippen LogP contribution in [-0.2, 0) is 22.2 Å². The summed E-state index contributed by atoms with van der Waals surface area (Å²) in [5, 5.41) is -0.763. The van der Waals surface area contributed by atoms with Gasteiger partial charge < -0.3 is 9.11 Å². The van der Waals surface area contributed by atoms with E-state index in [0.717, 1.165) is 6.42 Å². The maximum absolute atomic E-state index is 10.6. The van der Waals surface area contributed by atoms with E-state index in [9.17, 15) is 13.0 Å². The van der Waals surface area contributed by atoms with Crippen LogP contribution in [0.15, 0.2) is 0 Å². The van der Waals surface area contributed by atoms with Crippen molar-refractivity contribution in [3.63, 3.8) is 0 Å². The van der Waals surface area contributed by atoms with Gasteiger partial charge in [-0.05, 0) is 19.3 Å². The highest BCUT2D eigenvalue weighted by atomic mass is 32.2. The molecule has 0 bridgehead atoms. The Morgan fingerprint density at radius 3 is 2.33 bits per heavy atom. The molecule has 12 heavy (non-hydrogen) atoms. The molecule has 1 N–H and O–H groups in total. The van der Waals surface area contributed by atoms with Gasteiger partial charge in [-0.2, -0.15) is 0 Å². The lowest BCUT2D eigenvalue weighted by atomic mass is 10.00. The third-order valence-corrected chi connectivity index (χ3v) is 4.11. The van der Waals surface area contributed by atoms with Crippen molar-refractivity contribution in [1.82, 2.24) is 0 Å². The van der Waals surface area contributed by atoms with Crippen molar-refractivity contribution < 1.29 is 17.5 Å². The molecule has 0 aromatic carbocycles. The minimum Gasteiger partial charge on any atom is -0.772 e. The highest BCUT2D eigenvalue weighted by molar-refractivity contribution is 7.80. The van der Waals surface area contributed by atoms with Crippen molar-refractivity contribution in [3.05, 3.63) is 0 Å². The molecule has 0 aromatic heterocycles. The Morgan fingerprint density at radius 2 is 1.83 bits per heavy atom. The van der Waals surface area contributed by atoms with Gasteiger partial charge >= 0.3 is 0 Å². The van der Waals surface area contributed by atoms with Crippen LogP contribution in [0, 0.1) is 0 Å². The fourth-order valence-electron chi connectivity index (χ4n) is 1.46. The fourth-order valence-corrected chi connectivity index (χ4v) is 3.10. The lowest BCUT2D eigenvalue weighted by Crippen LogP contribution is -2.29. The molecule has 4 unspecified atom stereocenters. The smallest absolute Gasteiger partial charge is 0.156 e. The first kappa shape index (κ1) is 10.3. The average molecular weight is 211 g/mol. The van der Waals surface area contributed by atoms with Crippen LogP contribution in [0.5, 0.6) is 0 Å². The van der Waals surface area contributed by atoms with Gasteiger partial charge in [-0.1, -0.05) is 17.5 Å². The van der Waals surface area contributed by atoms with E-state index < -0.39 is 27.4 Å². The first-order valence-electron chi connectivity index (χ1n) is 3.79. The molecule has 1 saturated carbocycles. The monoisotopic (exact) mass is 211 g/mol. The normalized spacial score (nSPS) is 35.8. The van der Waals surface area contributed by atoms with E-state index in [2.05, 4.69) is 0 Å². The third-order valence-electron chi connectivity index (χ3n) is 2.14. The van der Waals surface area contributed by atoms with E-state index in [0.29, 0.717) is 19.3 Å². The lowest BCUT2D eigenvalue weighted by molar-refractivity contribution is 0.448. The molecule has 4 atom stereocenters. The first-order chi connectivity index (χ1) is 5.61. The van der Waals surface area contributed by atoms with Gasteiger partial charge in [0.15, 0.2) is 11.1 Å². The second-order valence-electron chi connectivity index (χ2n) is 2.95. The first-order valence-corrected chi connectivity index (χ1v) is 6.09. The molecule has 0 aromatic rings. The molecule has 72 valence electrons. The predicted molar refractivity (Wildman–Crippen MR) is 45.7 cm³/mol. The minimum absolute atomic E-state index is 0.333. The third kappa shape index (κ3) is 2.62. The molecule has 1 aliphatic rings. The van der Waals surface area contributed by atoms with Gasteiger partial charge in [0.2, 0.25) is 0 Å².